The molecular weight excluding hydrogens is 282 g/mol. The maximum absolute atomic E-state index is 11.6. The number of methoxy groups -OCH3 is 1. The second-order valence-corrected chi connectivity index (χ2v) is 3.88. The summed E-state index contributed by atoms with van der Waals surface area (Å²) >= 11 is 0. The first-order valence-corrected chi connectivity index (χ1v) is 5.84. The summed E-state index contributed by atoms with van der Waals surface area (Å²) < 4.78 is 4.36. The molecule has 21 heavy (non-hydrogen) atoms. The van der Waals surface area contributed by atoms with E-state index in [2.05, 4.69) is 15.6 Å². The van der Waals surface area contributed by atoms with Crippen LogP contribution in [0.5, 0.6) is 0 Å². The van der Waals surface area contributed by atoms with Crippen molar-refractivity contribution in [3.63, 3.8) is 0 Å². The van der Waals surface area contributed by atoms with Crippen LogP contribution in [-0.4, -0.2) is 29.8 Å². The van der Waals surface area contributed by atoms with Gasteiger partial charge in [-0.15, -0.1) is 0 Å². The van der Waals surface area contributed by atoms with Crippen molar-refractivity contribution in [1.29, 1.82) is 0 Å². The monoisotopic (exact) mass is 295 g/mol. The van der Waals surface area contributed by atoms with E-state index in [1.807, 2.05) is 0 Å². The summed E-state index contributed by atoms with van der Waals surface area (Å²) in [7, 11) is 1.20. The Morgan fingerprint density at radius 3 is 2.29 bits per heavy atom. The van der Waals surface area contributed by atoms with Crippen LogP contribution in [0.1, 0.15) is 23.2 Å². The highest BCUT2D eigenvalue weighted by Crippen LogP contribution is 2.11. The molecule has 2 N–H and O–H groups in total. The molecule has 0 spiro atoms. The molecule has 2 amide bonds. The summed E-state index contributed by atoms with van der Waals surface area (Å²) in [5.41, 5.74) is 4.25. The fourth-order valence-corrected chi connectivity index (χ4v) is 1.31. The molecule has 0 heterocycles. The Balaban J connectivity index is 2.44. The fourth-order valence-electron chi connectivity index (χ4n) is 1.31. The van der Waals surface area contributed by atoms with Crippen molar-refractivity contribution >= 4 is 23.5 Å². The molecule has 0 aliphatic heterocycles. The molecule has 0 saturated heterocycles. The van der Waals surface area contributed by atoms with E-state index in [0.717, 1.165) is 0 Å². The first-order chi connectivity index (χ1) is 9.93. The number of nitrogens with one attached hydrogen (secondary N) is 2. The smallest absolute Gasteiger partial charge is 0.306 e. The third-order valence-electron chi connectivity index (χ3n) is 2.44. The highest BCUT2D eigenvalue weighted by atomic mass is 16.6. The van der Waals surface area contributed by atoms with Gasteiger partial charge in [0.05, 0.1) is 18.5 Å². The molecule has 1 aromatic rings. The van der Waals surface area contributed by atoms with Crippen molar-refractivity contribution in [2.24, 2.45) is 0 Å². The number of carbonyl (C=O) groups is 3. The molecule has 0 aromatic heterocycles. The summed E-state index contributed by atoms with van der Waals surface area (Å²) in [6.07, 6.45) is -0.233. The van der Waals surface area contributed by atoms with Crippen LogP contribution in [0.3, 0.4) is 0 Å². The van der Waals surface area contributed by atoms with E-state index in [-0.39, 0.29) is 24.1 Å². The van der Waals surface area contributed by atoms with Gasteiger partial charge in [-0.25, -0.2) is 0 Å². The molecule has 112 valence electrons. The molecule has 9 nitrogen and oxygen atoms in total. The van der Waals surface area contributed by atoms with Crippen LogP contribution in [-0.2, 0) is 14.3 Å². The van der Waals surface area contributed by atoms with Gasteiger partial charge in [0.2, 0.25) is 5.91 Å². The van der Waals surface area contributed by atoms with Crippen LogP contribution in [0.25, 0.3) is 0 Å². The number of non-ortho nitro benzene ring substituents is 1. The maximum Gasteiger partial charge on any atom is 0.306 e. The number of hydrogen-bond acceptors (Lipinski definition) is 6. The van der Waals surface area contributed by atoms with E-state index in [0.29, 0.717) is 0 Å². The highest BCUT2D eigenvalue weighted by Gasteiger charge is 2.11. The second-order valence-electron chi connectivity index (χ2n) is 3.88. The van der Waals surface area contributed by atoms with Crippen molar-refractivity contribution in [3.05, 3.63) is 39.9 Å². The van der Waals surface area contributed by atoms with Gasteiger partial charge in [-0.3, -0.25) is 35.3 Å². The normalized spacial score (nSPS) is 9.57. The molecule has 1 aromatic carbocycles. The van der Waals surface area contributed by atoms with Gasteiger partial charge in [0.25, 0.3) is 11.6 Å². The van der Waals surface area contributed by atoms with Crippen LogP contribution < -0.4 is 10.9 Å². The average molecular weight is 295 g/mol. The molecule has 1 rings (SSSR count). The average Bonchev–Trinajstić information content (AvgIpc) is 2.50. The molecular formula is C12H13N3O6. The third-order valence-corrected chi connectivity index (χ3v) is 2.44. The topological polar surface area (TPSA) is 128 Å². The van der Waals surface area contributed by atoms with Crippen molar-refractivity contribution in [3.8, 4) is 0 Å². The van der Waals surface area contributed by atoms with Gasteiger partial charge in [-0.05, 0) is 12.1 Å². The number of carbonyl (C=O) groups excluding carboxylic acids is 3. The van der Waals surface area contributed by atoms with Gasteiger partial charge in [0.1, 0.15) is 0 Å². The highest BCUT2D eigenvalue weighted by molar-refractivity contribution is 5.95. The first kappa shape index (κ1) is 16.1. The number of esters is 1. The SMILES string of the molecule is COC(=O)CCC(=O)NNC(=O)c1ccc([N+](=O)[O-])cc1. The molecule has 0 saturated carbocycles. The Morgan fingerprint density at radius 1 is 1.14 bits per heavy atom. The zero-order valence-corrected chi connectivity index (χ0v) is 11.1. The summed E-state index contributed by atoms with van der Waals surface area (Å²) in [6, 6.07) is 4.87. The van der Waals surface area contributed by atoms with Gasteiger partial charge in [0, 0.05) is 24.1 Å². The number of ether oxygens (including phenoxy) is 1. The van der Waals surface area contributed by atoms with E-state index >= 15 is 0 Å². The van der Waals surface area contributed by atoms with Crippen LogP contribution in [0, 0.1) is 10.1 Å². The summed E-state index contributed by atoms with van der Waals surface area (Å²) in [5.74, 6) is -1.72. The van der Waals surface area contributed by atoms with Crippen molar-refractivity contribution in [2.75, 3.05) is 7.11 Å². The number of amides is 2. The summed E-state index contributed by atoms with van der Waals surface area (Å²) in [5, 5.41) is 10.5. The molecule has 0 atom stereocenters. The van der Waals surface area contributed by atoms with E-state index in [1.54, 1.807) is 0 Å². The molecule has 0 fully saturated rings. The Kier molecular flexibility index (Phi) is 5.80. The molecule has 0 radical (unpaired) electrons. The minimum Gasteiger partial charge on any atom is -0.469 e. The Morgan fingerprint density at radius 2 is 1.76 bits per heavy atom. The van der Waals surface area contributed by atoms with E-state index in [9.17, 15) is 24.5 Å². The number of benzene rings is 1. The minimum atomic E-state index is -0.628. The minimum absolute atomic E-state index is 0.101. The van der Waals surface area contributed by atoms with Crippen LogP contribution in [0.2, 0.25) is 0 Å². The number of rotatable bonds is 5. The number of hydrogen-bond donors (Lipinski definition) is 2. The van der Waals surface area contributed by atoms with E-state index in [1.165, 1.54) is 31.4 Å². The lowest BCUT2D eigenvalue weighted by atomic mass is 10.2. The fraction of sp³-hybridized carbons (Fsp3) is 0.250. The lowest BCUT2D eigenvalue weighted by Gasteiger charge is -2.06. The molecule has 0 aliphatic rings. The first-order valence-electron chi connectivity index (χ1n) is 5.84. The zero-order valence-electron chi connectivity index (χ0n) is 11.1. The Bertz CT molecular complexity index is 555. The van der Waals surface area contributed by atoms with Gasteiger partial charge < -0.3 is 4.74 Å². The van der Waals surface area contributed by atoms with Gasteiger partial charge in [0.15, 0.2) is 0 Å². The number of nitrogens with zero attached hydrogens (tertiary/aromatic N) is 1. The van der Waals surface area contributed by atoms with Crippen molar-refractivity contribution in [2.45, 2.75) is 12.8 Å². The van der Waals surface area contributed by atoms with Gasteiger partial charge in [-0.1, -0.05) is 0 Å². The van der Waals surface area contributed by atoms with E-state index in [4.69, 9.17) is 0 Å². The third kappa shape index (κ3) is 5.27. The lowest BCUT2D eigenvalue weighted by molar-refractivity contribution is -0.384. The molecule has 0 aliphatic carbocycles. The largest absolute Gasteiger partial charge is 0.469 e. The number of nitro groups is 1. The zero-order chi connectivity index (χ0) is 15.8. The molecule has 0 unspecified atom stereocenters. The maximum atomic E-state index is 11.6. The summed E-state index contributed by atoms with van der Waals surface area (Å²) in [4.78, 5) is 43.6. The standard InChI is InChI=1S/C12H13N3O6/c1-21-11(17)7-6-10(16)13-14-12(18)8-2-4-9(5-3-8)15(19)20/h2-5H,6-7H2,1H3,(H,13,16)(H,14,18). The van der Waals surface area contributed by atoms with Crippen LogP contribution in [0.4, 0.5) is 5.69 Å². The number of nitro benzene ring substituents is 1. The predicted octanol–water partition coefficient (Wildman–Crippen LogP) is 0.309. The predicted molar refractivity (Wildman–Crippen MR) is 70.0 cm³/mol. The lowest BCUT2D eigenvalue weighted by Crippen LogP contribution is -2.41. The molecule has 0 bridgehead atoms. The van der Waals surface area contributed by atoms with Crippen molar-refractivity contribution < 1.29 is 24.0 Å². The van der Waals surface area contributed by atoms with Crippen molar-refractivity contribution in [1.82, 2.24) is 10.9 Å². The molecule has 9 heteroatoms. The van der Waals surface area contributed by atoms with Gasteiger partial charge in [-0.2, -0.15) is 0 Å². The van der Waals surface area contributed by atoms with E-state index < -0.39 is 22.7 Å². The van der Waals surface area contributed by atoms with Gasteiger partial charge >= 0.3 is 5.97 Å². The second kappa shape index (κ2) is 7.58. The van der Waals surface area contributed by atoms with Crippen LogP contribution >= 0.6 is 0 Å². The Labute approximate surface area is 119 Å². The van der Waals surface area contributed by atoms with Crippen LogP contribution in [0.15, 0.2) is 24.3 Å². The quantitative estimate of drug-likeness (QED) is 0.457. The number of hydrazine groups is 1. The summed E-state index contributed by atoms with van der Waals surface area (Å²) in [6.45, 7) is 0. The Hall–Kier alpha value is -2.97.